The molecule has 0 saturated carbocycles. The van der Waals surface area contributed by atoms with E-state index in [4.69, 9.17) is 9.47 Å². The van der Waals surface area contributed by atoms with Gasteiger partial charge in [-0.3, -0.25) is 4.79 Å². The summed E-state index contributed by atoms with van der Waals surface area (Å²) in [4.78, 5) is 19.8. The maximum Gasteiger partial charge on any atom is 0.250 e. The molecule has 0 radical (unpaired) electrons. The van der Waals surface area contributed by atoms with Crippen LogP contribution in [0.2, 0.25) is 0 Å². The number of hydrogen-bond donors (Lipinski definition) is 0. The van der Waals surface area contributed by atoms with Gasteiger partial charge in [0.2, 0.25) is 5.91 Å². The van der Waals surface area contributed by atoms with Crippen LogP contribution in [-0.2, 0) is 4.79 Å². The lowest BCUT2D eigenvalue weighted by Gasteiger charge is -2.38. The molecule has 3 aromatic rings. The molecule has 0 unspecified atom stereocenters. The normalized spacial score (nSPS) is 19.6. The summed E-state index contributed by atoms with van der Waals surface area (Å²) in [6.45, 7) is 3.37. The van der Waals surface area contributed by atoms with Crippen molar-refractivity contribution >= 4 is 12.0 Å². The van der Waals surface area contributed by atoms with Crippen LogP contribution in [0.4, 0.5) is 0 Å². The third kappa shape index (κ3) is 3.77. The highest BCUT2D eigenvalue weighted by Gasteiger charge is 2.33. The minimum absolute atomic E-state index is 0.0672. The molecule has 2 aromatic carbocycles. The number of likely N-dealkylation sites (tertiary alicyclic amines) is 1. The van der Waals surface area contributed by atoms with Gasteiger partial charge in [-0.1, -0.05) is 24.3 Å². The Bertz CT molecular complexity index is 1180. The summed E-state index contributed by atoms with van der Waals surface area (Å²) in [5.41, 5.74) is 4.77. The summed E-state index contributed by atoms with van der Waals surface area (Å²) >= 11 is 0. The van der Waals surface area contributed by atoms with Gasteiger partial charge < -0.3 is 18.9 Å². The van der Waals surface area contributed by atoms with Crippen molar-refractivity contribution in [1.82, 2.24) is 14.5 Å². The van der Waals surface area contributed by atoms with E-state index in [9.17, 15) is 4.79 Å². The number of piperidine rings is 1. The van der Waals surface area contributed by atoms with Crippen LogP contribution >= 0.6 is 0 Å². The lowest BCUT2D eigenvalue weighted by atomic mass is 9.94. The highest BCUT2D eigenvalue weighted by Crippen LogP contribution is 2.38. The number of imidazole rings is 1. The number of methoxy groups -OCH3 is 1. The molecule has 0 spiro atoms. The van der Waals surface area contributed by atoms with Crippen LogP contribution < -0.4 is 9.47 Å². The molecule has 3 heterocycles. The van der Waals surface area contributed by atoms with E-state index in [0.29, 0.717) is 6.61 Å². The first-order valence-corrected chi connectivity index (χ1v) is 11.1. The van der Waals surface area contributed by atoms with Crippen molar-refractivity contribution in [2.45, 2.75) is 32.2 Å². The summed E-state index contributed by atoms with van der Waals surface area (Å²) < 4.78 is 13.4. The molecule has 0 bridgehead atoms. The SMILES string of the molecule is COc1cc(/C=C2\CCCN([C@@H]3CCOc4ccccc43)C2=O)ccc1-n1cnc(C)c1. The second-order valence-corrected chi connectivity index (χ2v) is 8.32. The highest BCUT2D eigenvalue weighted by atomic mass is 16.5. The number of hydrogen-bond acceptors (Lipinski definition) is 4. The summed E-state index contributed by atoms with van der Waals surface area (Å²) in [6.07, 6.45) is 8.31. The average molecular weight is 430 g/mol. The molecule has 6 nitrogen and oxygen atoms in total. The number of amides is 1. The van der Waals surface area contributed by atoms with E-state index < -0.39 is 0 Å². The lowest BCUT2D eigenvalue weighted by molar-refractivity contribution is -0.131. The quantitative estimate of drug-likeness (QED) is 0.563. The highest BCUT2D eigenvalue weighted by molar-refractivity contribution is 5.99. The molecule has 5 rings (SSSR count). The Balaban J connectivity index is 1.43. The molecular weight excluding hydrogens is 402 g/mol. The van der Waals surface area contributed by atoms with Gasteiger partial charge in [0.25, 0.3) is 0 Å². The molecule has 1 saturated heterocycles. The van der Waals surface area contributed by atoms with Gasteiger partial charge in [0, 0.05) is 30.3 Å². The summed E-state index contributed by atoms with van der Waals surface area (Å²) in [5.74, 6) is 1.75. The van der Waals surface area contributed by atoms with Gasteiger partial charge in [0.05, 0.1) is 37.5 Å². The predicted octanol–water partition coefficient (Wildman–Crippen LogP) is 4.72. The van der Waals surface area contributed by atoms with Gasteiger partial charge in [-0.15, -0.1) is 0 Å². The Morgan fingerprint density at radius 2 is 2.09 bits per heavy atom. The van der Waals surface area contributed by atoms with E-state index in [1.165, 1.54) is 0 Å². The fourth-order valence-corrected chi connectivity index (χ4v) is 4.66. The van der Waals surface area contributed by atoms with E-state index in [2.05, 4.69) is 11.1 Å². The number of ether oxygens (including phenoxy) is 2. The van der Waals surface area contributed by atoms with Gasteiger partial charge in [-0.25, -0.2) is 4.98 Å². The molecule has 1 atom stereocenters. The molecule has 1 fully saturated rings. The first kappa shape index (κ1) is 20.4. The topological polar surface area (TPSA) is 56.6 Å². The van der Waals surface area contributed by atoms with Gasteiger partial charge >= 0.3 is 0 Å². The first-order chi connectivity index (χ1) is 15.6. The zero-order valence-corrected chi connectivity index (χ0v) is 18.5. The standard InChI is InChI=1S/C26H27N3O3/c1-18-16-28(17-27-18)23-10-9-19(15-25(23)31-2)14-20-6-5-12-29(26(20)30)22-11-13-32-24-8-4-3-7-21(22)24/h3-4,7-10,14-17,22H,5-6,11-13H2,1-2H3/b20-14+/t22-/m1/s1. The number of carbonyl (C=O) groups excluding carboxylic acids is 1. The number of fused-ring (bicyclic) bond motifs is 1. The predicted molar refractivity (Wildman–Crippen MR) is 123 cm³/mol. The summed E-state index contributed by atoms with van der Waals surface area (Å²) in [6, 6.07) is 14.1. The van der Waals surface area contributed by atoms with Crippen molar-refractivity contribution in [3.63, 3.8) is 0 Å². The Kier molecular flexibility index (Phi) is 5.43. The second-order valence-electron chi connectivity index (χ2n) is 8.32. The van der Waals surface area contributed by atoms with Gasteiger partial charge in [-0.2, -0.15) is 0 Å². The van der Waals surface area contributed by atoms with E-state index >= 15 is 0 Å². The molecule has 0 N–H and O–H groups in total. The molecule has 1 amide bonds. The Labute approximate surface area is 188 Å². The Hall–Kier alpha value is -3.54. The molecule has 0 aliphatic carbocycles. The van der Waals surface area contributed by atoms with Crippen molar-refractivity contribution < 1.29 is 14.3 Å². The average Bonchev–Trinajstić information content (AvgIpc) is 3.26. The number of benzene rings is 2. The minimum atomic E-state index is 0.0672. The van der Waals surface area contributed by atoms with Crippen LogP contribution in [0.5, 0.6) is 11.5 Å². The lowest BCUT2D eigenvalue weighted by Crippen LogP contribution is -2.41. The number of para-hydroxylation sites is 1. The zero-order valence-electron chi connectivity index (χ0n) is 18.5. The van der Waals surface area contributed by atoms with E-state index in [1.54, 1.807) is 13.4 Å². The third-order valence-electron chi connectivity index (χ3n) is 6.22. The molecule has 32 heavy (non-hydrogen) atoms. The number of aryl methyl sites for hydroxylation is 1. The van der Waals surface area contributed by atoms with Gasteiger partial charge in [-0.05, 0) is 49.6 Å². The fraction of sp³-hybridized carbons (Fsp3) is 0.308. The van der Waals surface area contributed by atoms with E-state index in [-0.39, 0.29) is 11.9 Å². The molecular formula is C26H27N3O3. The van der Waals surface area contributed by atoms with Crippen molar-refractivity contribution in [3.8, 4) is 17.2 Å². The third-order valence-corrected chi connectivity index (χ3v) is 6.22. The van der Waals surface area contributed by atoms with Crippen LogP contribution in [0.3, 0.4) is 0 Å². The van der Waals surface area contributed by atoms with Crippen LogP contribution in [0.1, 0.15) is 42.1 Å². The number of aromatic nitrogens is 2. The van der Waals surface area contributed by atoms with Crippen molar-refractivity contribution in [2.75, 3.05) is 20.3 Å². The van der Waals surface area contributed by atoms with Crippen LogP contribution in [0.25, 0.3) is 11.8 Å². The Morgan fingerprint density at radius 3 is 2.91 bits per heavy atom. The fourth-order valence-electron chi connectivity index (χ4n) is 4.66. The smallest absolute Gasteiger partial charge is 0.250 e. The minimum Gasteiger partial charge on any atom is -0.495 e. The van der Waals surface area contributed by atoms with Crippen molar-refractivity contribution in [3.05, 3.63) is 77.4 Å². The molecule has 2 aliphatic heterocycles. The summed E-state index contributed by atoms with van der Waals surface area (Å²) in [5, 5.41) is 0. The number of carbonyl (C=O) groups is 1. The molecule has 6 heteroatoms. The number of nitrogens with zero attached hydrogens (tertiary/aromatic N) is 3. The first-order valence-electron chi connectivity index (χ1n) is 11.1. The molecule has 164 valence electrons. The zero-order chi connectivity index (χ0) is 22.1. The van der Waals surface area contributed by atoms with Crippen LogP contribution in [0, 0.1) is 6.92 Å². The summed E-state index contributed by atoms with van der Waals surface area (Å²) in [7, 11) is 1.66. The maximum atomic E-state index is 13.5. The monoisotopic (exact) mass is 429 g/mol. The molecule has 2 aliphatic rings. The van der Waals surface area contributed by atoms with Crippen LogP contribution in [-0.4, -0.2) is 40.6 Å². The van der Waals surface area contributed by atoms with Crippen molar-refractivity contribution in [1.29, 1.82) is 0 Å². The second kappa shape index (κ2) is 8.54. The van der Waals surface area contributed by atoms with Crippen LogP contribution in [0.15, 0.2) is 60.6 Å². The van der Waals surface area contributed by atoms with Gasteiger partial charge in [0.15, 0.2) is 0 Å². The Morgan fingerprint density at radius 1 is 1.22 bits per heavy atom. The number of rotatable bonds is 4. The largest absolute Gasteiger partial charge is 0.495 e. The molecule has 1 aromatic heterocycles. The maximum absolute atomic E-state index is 13.5. The van der Waals surface area contributed by atoms with E-state index in [0.717, 1.165) is 65.4 Å². The van der Waals surface area contributed by atoms with Crippen molar-refractivity contribution in [2.24, 2.45) is 0 Å². The van der Waals surface area contributed by atoms with E-state index in [1.807, 2.05) is 65.1 Å². The van der Waals surface area contributed by atoms with Gasteiger partial charge in [0.1, 0.15) is 11.5 Å².